The minimum absolute atomic E-state index is 0.452. The standard InChI is InChI=1S/C22H20F3N/c23-22(24,25)21-13-7-12-20(14-21)17-26(15-18-8-3-1-4-9-18)16-19-10-5-2-6-11-19/h1-14H,15-17H2. The molecule has 0 aliphatic heterocycles. The quantitative estimate of drug-likeness (QED) is 0.531. The van der Waals surface area contributed by atoms with E-state index in [1.165, 1.54) is 12.1 Å². The summed E-state index contributed by atoms with van der Waals surface area (Å²) in [6.07, 6.45) is -4.32. The topological polar surface area (TPSA) is 3.24 Å². The van der Waals surface area contributed by atoms with Crippen molar-refractivity contribution in [2.45, 2.75) is 25.8 Å². The van der Waals surface area contributed by atoms with Gasteiger partial charge in [0, 0.05) is 19.6 Å². The van der Waals surface area contributed by atoms with E-state index in [4.69, 9.17) is 0 Å². The molecular weight excluding hydrogens is 335 g/mol. The van der Waals surface area contributed by atoms with Gasteiger partial charge in [-0.25, -0.2) is 0 Å². The summed E-state index contributed by atoms with van der Waals surface area (Å²) in [6.45, 7) is 1.80. The Morgan fingerprint density at radius 3 is 1.54 bits per heavy atom. The zero-order valence-electron chi connectivity index (χ0n) is 14.3. The molecule has 3 aromatic rings. The lowest BCUT2D eigenvalue weighted by Gasteiger charge is -2.23. The lowest BCUT2D eigenvalue weighted by molar-refractivity contribution is -0.137. The molecule has 0 atom stereocenters. The molecule has 26 heavy (non-hydrogen) atoms. The SMILES string of the molecule is FC(F)(F)c1cccc(CN(Cc2ccccc2)Cc2ccccc2)c1. The highest BCUT2D eigenvalue weighted by atomic mass is 19.4. The maximum Gasteiger partial charge on any atom is 0.416 e. The highest BCUT2D eigenvalue weighted by molar-refractivity contribution is 5.26. The molecule has 134 valence electrons. The van der Waals surface area contributed by atoms with Gasteiger partial charge in [-0.1, -0.05) is 78.9 Å². The Balaban J connectivity index is 1.81. The van der Waals surface area contributed by atoms with E-state index in [1.807, 2.05) is 60.7 Å². The van der Waals surface area contributed by atoms with Gasteiger partial charge in [-0.15, -0.1) is 0 Å². The number of nitrogens with zero attached hydrogens (tertiary/aromatic N) is 1. The summed E-state index contributed by atoms with van der Waals surface area (Å²) in [5, 5.41) is 0. The third-order valence-corrected chi connectivity index (χ3v) is 4.16. The fourth-order valence-electron chi connectivity index (χ4n) is 2.96. The number of benzene rings is 3. The van der Waals surface area contributed by atoms with E-state index >= 15 is 0 Å². The van der Waals surface area contributed by atoms with Gasteiger partial charge in [0.05, 0.1) is 5.56 Å². The first-order valence-corrected chi connectivity index (χ1v) is 8.47. The second kappa shape index (κ2) is 8.19. The first kappa shape index (κ1) is 18.2. The van der Waals surface area contributed by atoms with Crippen LogP contribution in [0, 0.1) is 0 Å². The third kappa shape index (κ3) is 5.20. The van der Waals surface area contributed by atoms with Crippen LogP contribution in [0.25, 0.3) is 0 Å². The predicted octanol–water partition coefficient (Wildman–Crippen LogP) is 5.91. The Morgan fingerprint density at radius 1 is 0.577 bits per heavy atom. The van der Waals surface area contributed by atoms with Crippen molar-refractivity contribution in [1.29, 1.82) is 0 Å². The molecule has 0 aliphatic carbocycles. The van der Waals surface area contributed by atoms with E-state index in [0.717, 1.165) is 17.2 Å². The van der Waals surface area contributed by atoms with Gasteiger partial charge in [-0.05, 0) is 22.8 Å². The van der Waals surface area contributed by atoms with Gasteiger partial charge in [0.1, 0.15) is 0 Å². The second-order valence-corrected chi connectivity index (χ2v) is 6.31. The van der Waals surface area contributed by atoms with Crippen LogP contribution in [0.4, 0.5) is 13.2 Å². The Morgan fingerprint density at radius 2 is 1.04 bits per heavy atom. The monoisotopic (exact) mass is 355 g/mol. The molecule has 0 spiro atoms. The van der Waals surface area contributed by atoms with E-state index in [-0.39, 0.29) is 0 Å². The minimum atomic E-state index is -4.32. The zero-order valence-corrected chi connectivity index (χ0v) is 14.3. The van der Waals surface area contributed by atoms with Crippen LogP contribution < -0.4 is 0 Å². The smallest absolute Gasteiger partial charge is 0.291 e. The molecule has 3 rings (SSSR count). The lowest BCUT2D eigenvalue weighted by Crippen LogP contribution is -2.22. The van der Waals surface area contributed by atoms with Crippen LogP contribution >= 0.6 is 0 Å². The van der Waals surface area contributed by atoms with Crippen molar-refractivity contribution in [1.82, 2.24) is 4.90 Å². The van der Waals surface area contributed by atoms with Gasteiger partial charge >= 0.3 is 6.18 Å². The molecule has 0 radical (unpaired) electrons. The number of rotatable bonds is 6. The molecule has 0 aromatic heterocycles. The van der Waals surface area contributed by atoms with Gasteiger partial charge in [0.25, 0.3) is 0 Å². The van der Waals surface area contributed by atoms with Crippen molar-refractivity contribution in [2.75, 3.05) is 0 Å². The fraction of sp³-hybridized carbons (Fsp3) is 0.182. The van der Waals surface area contributed by atoms with E-state index in [9.17, 15) is 13.2 Å². The van der Waals surface area contributed by atoms with Crippen molar-refractivity contribution in [3.8, 4) is 0 Å². The molecule has 0 heterocycles. The number of hydrogen-bond acceptors (Lipinski definition) is 1. The molecule has 0 N–H and O–H groups in total. The average molecular weight is 355 g/mol. The Hall–Kier alpha value is -2.59. The van der Waals surface area contributed by atoms with Crippen molar-refractivity contribution in [3.63, 3.8) is 0 Å². The van der Waals surface area contributed by atoms with Crippen molar-refractivity contribution in [2.24, 2.45) is 0 Å². The first-order chi connectivity index (χ1) is 12.5. The molecule has 0 unspecified atom stereocenters. The van der Waals surface area contributed by atoms with Gasteiger partial charge < -0.3 is 0 Å². The molecule has 0 bridgehead atoms. The molecule has 0 fully saturated rings. The predicted molar refractivity (Wildman–Crippen MR) is 97.3 cm³/mol. The molecule has 0 saturated heterocycles. The minimum Gasteiger partial charge on any atom is -0.291 e. The lowest BCUT2D eigenvalue weighted by atomic mass is 10.1. The van der Waals surface area contributed by atoms with E-state index in [2.05, 4.69) is 4.90 Å². The van der Waals surface area contributed by atoms with Crippen molar-refractivity contribution >= 4 is 0 Å². The van der Waals surface area contributed by atoms with Crippen molar-refractivity contribution < 1.29 is 13.2 Å². The molecule has 0 aliphatic rings. The van der Waals surface area contributed by atoms with Crippen LogP contribution in [0.2, 0.25) is 0 Å². The fourth-order valence-corrected chi connectivity index (χ4v) is 2.96. The highest BCUT2D eigenvalue weighted by Gasteiger charge is 2.30. The van der Waals surface area contributed by atoms with Crippen LogP contribution in [-0.2, 0) is 25.8 Å². The molecule has 0 saturated carbocycles. The summed E-state index contributed by atoms with van der Waals surface area (Å²) in [4.78, 5) is 2.15. The summed E-state index contributed by atoms with van der Waals surface area (Å²) in [7, 11) is 0. The zero-order chi connectivity index (χ0) is 18.4. The van der Waals surface area contributed by atoms with Crippen LogP contribution in [0.1, 0.15) is 22.3 Å². The van der Waals surface area contributed by atoms with Gasteiger partial charge in [-0.2, -0.15) is 13.2 Å². The summed E-state index contributed by atoms with van der Waals surface area (Å²) in [6, 6.07) is 25.5. The summed E-state index contributed by atoms with van der Waals surface area (Å²) in [5.74, 6) is 0. The van der Waals surface area contributed by atoms with Gasteiger partial charge in [0.2, 0.25) is 0 Å². The van der Waals surface area contributed by atoms with Gasteiger partial charge in [-0.3, -0.25) is 4.90 Å². The highest BCUT2D eigenvalue weighted by Crippen LogP contribution is 2.30. The molecular formula is C22H20F3N. The molecule has 3 aromatic carbocycles. The van der Waals surface area contributed by atoms with Gasteiger partial charge in [0.15, 0.2) is 0 Å². The normalized spacial score (nSPS) is 11.7. The van der Waals surface area contributed by atoms with Crippen molar-refractivity contribution in [3.05, 3.63) is 107 Å². The molecule has 0 amide bonds. The summed E-state index contributed by atoms with van der Waals surface area (Å²) < 4.78 is 39.0. The summed E-state index contributed by atoms with van der Waals surface area (Å²) >= 11 is 0. The van der Waals surface area contributed by atoms with Crippen LogP contribution in [-0.4, -0.2) is 4.90 Å². The Bertz CT molecular complexity index is 772. The Labute approximate surface area is 151 Å². The number of alkyl halides is 3. The van der Waals surface area contributed by atoms with E-state index in [0.29, 0.717) is 25.2 Å². The number of halogens is 3. The maximum absolute atomic E-state index is 13.0. The largest absolute Gasteiger partial charge is 0.416 e. The van der Waals surface area contributed by atoms with Crippen LogP contribution in [0.5, 0.6) is 0 Å². The second-order valence-electron chi connectivity index (χ2n) is 6.31. The van der Waals surface area contributed by atoms with E-state index < -0.39 is 11.7 Å². The maximum atomic E-state index is 13.0. The third-order valence-electron chi connectivity index (χ3n) is 4.16. The molecule has 1 nitrogen and oxygen atoms in total. The Kier molecular flexibility index (Phi) is 5.74. The average Bonchev–Trinajstić information content (AvgIpc) is 2.63. The van der Waals surface area contributed by atoms with Crippen LogP contribution in [0.3, 0.4) is 0 Å². The van der Waals surface area contributed by atoms with Crippen LogP contribution in [0.15, 0.2) is 84.9 Å². The number of hydrogen-bond donors (Lipinski definition) is 0. The van der Waals surface area contributed by atoms with E-state index in [1.54, 1.807) is 6.07 Å². The first-order valence-electron chi connectivity index (χ1n) is 8.47. The molecule has 4 heteroatoms. The summed E-state index contributed by atoms with van der Waals surface area (Å²) in [5.41, 5.74) is 2.33.